The molecule has 0 radical (unpaired) electrons. The minimum Gasteiger partial charge on any atom is -0.493 e. The van der Waals surface area contributed by atoms with E-state index in [9.17, 15) is 8.42 Å². The topological polar surface area (TPSA) is 64.6 Å². The lowest BCUT2D eigenvalue weighted by Crippen LogP contribution is -2.29. The van der Waals surface area contributed by atoms with Crippen molar-refractivity contribution >= 4 is 10.0 Å². The summed E-state index contributed by atoms with van der Waals surface area (Å²) in [6.07, 6.45) is 4.25. The van der Waals surface area contributed by atoms with Crippen molar-refractivity contribution in [2.45, 2.75) is 51.3 Å². The zero-order valence-corrected chi connectivity index (χ0v) is 15.6. The molecular formula is C17H29NO4S. The highest BCUT2D eigenvalue weighted by Gasteiger charge is 2.21. The minimum atomic E-state index is -3.56. The van der Waals surface area contributed by atoms with Crippen LogP contribution in [0.4, 0.5) is 0 Å². The SMILES string of the molecule is CCCCC(CC)CNS(=O)(=O)c1cc(OC)c(OC)cc1C. The van der Waals surface area contributed by atoms with E-state index < -0.39 is 10.0 Å². The summed E-state index contributed by atoms with van der Waals surface area (Å²) in [5, 5.41) is 0. The number of methoxy groups -OCH3 is 2. The van der Waals surface area contributed by atoms with Crippen molar-refractivity contribution in [3.05, 3.63) is 17.7 Å². The second-order valence-corrected chi connectivity index (χ2v) is 7.48. The zero-order chi connectivity index (χ0) is 17.5. The van der Waals surface area contributed by atoms with Crippen LogP contribution in [-0.4, -0.2) is 29.2 Å². The van der Waals surface area contributed by atoms with Gasteiger partial charge in [-0.15, -0.1) is 0 Å². The van der Waals surface area contributed by atoms with Gasteiger partial charge < -0.3 is 9.47 Å². The summed E-state index contributed by atoms with van der Waals surface area (Å²) in [6.45, 7) is 6.46. The lowest BCUT2D eigenvalue weighted by Gasteiger charge is -2.17. The summed E-state index contributed by atoms with van der Waals surface area (Å²) in [4.78, 5) is 0.237. The molecule has 0 saturated heterocycles. The third-order valence-corrected chi connectivity index (χ3v) is 5.64. The van der Waals surface area contributed by atoms with E-state index in [4.69, 9.17) is 9.47 Å². The van der Waals surface area contributed by atoms with Gasteiger partial charge in [0.2, 0.25) is 10.0 Å². The van der Waals surface area contributed by atoms with Gasteiger partial charge in [-0.3, -0.25) is 0 Å². The Morgan fingerprint density at radius 1 is 1.13 bits per heavy atom. The fourth-order valence-electron chi connectivity index (χ4n) is 2.50. The van der Waals surface area contributed by atoms with Crippen LogP contribution in [0.25, 0.3) is 0 Å². The highest BCUT2D eigenvalue weighted by molar-refractivity contribution is 7.89. The van der Waals surface area contributed by atoms with Gasteiger partial charge in [0.15, 0.2) is 11.5 Å². The molecular weight excluding hydrogens is 314 g/mol. The van der Waals surface area contributed by atoms with Crippen LogP contribution < -0.4 is 14.2 Å². The molecule has 0 bridgehead atoms. The number of unbranched alkanes of at least 4 members (excludes halogenated alkanes) is 1. The number of aryl methyl sites for hydroxylation is 1. The van der Waals surface area contributed by atoms with Gasteiger partial charge in [0, 0.05) is 12.6 Å². The van der Waals surface area contributed by atoms with Crippen LogP contribution in [-0.2, 0) is 10.0 Å². The monoisotopic (exact) mass is 343 g/mol. The Hall–Kier alpha value is -1.27. The van der Waals surface area contributed by atoms with Crippen molar-refractivity contribution in [3.8, 4) is 11.5 Å². The van der Waals surface area contributed by atoms with Gasteiger partial charge in [0.1, 0.15) is 0 Å². The number of sulfonamides is 1. The fraction of sp³-hybridized carbons (Fsp3) is 0.647. The molecule has 0 aliphatic rings. The van der Waals surface area contributed by atoms with Crippen molar-refractivity contribution in [2.24, 2.45) is 5.92 Å². The zero-order valence-electron chi connectivity index (χ0n) is 14.8. The Morgan fingerprint density at radius 2 is 1.74 bits per heavy atom. The standard InChI is InChI=1S/C17H29NO4S/c1-6-8-9-14(7-2)12-18-23(19,20)17-11-16(22-5)15(21-4)10-13(17)3/h10-11,14,18H,6-9,12H2,1-5H3. The van der Waals surface area contributed by atoms with E-state index in [0.717, 1.165) is 25.7 Å². The van der Waals surface area contributed by atoms with Crippen molar-refractivity contribution in [3.63, 3.8) is 0 Å². The largest absolute Gasteiger partial charge is 0.493 e. The predicted molar refractivity (Wildman–Crippen MR) is 92.8 cm³/mol. The van der Waals surface area contributed by atoms with Gasteiger partial charge in [-0.05, 0) is 30.9 Å². The third-order valence-electron chi connectivity index (χ3n) is 4.08. The molecule has 5 nitrogen and oxygen atoms in total. The molecule has 132 valence electrons. The number of hydrogen-bond donors (Lipinski definition) is 1. The highest BCUT2D eigenvalue weighted by Crippen LogP contribution is 2.32. The maximum Gasteiger partial charge on any atom is 0.240 e. The molecule has 0 aromatic heterocycles. The Morgan fingerprint density at radius 3 is 2.26 bits per heavy atom. The van der Waals surface area contributed by atoms with Gasteiger partial charge in [0.05, 0.1) is 19.1 Å². The third kappa shape index (κ3) is 5.39. The van der Waals surface area contributed by atoms with Crippen LogP contribution >= 0.6 is 0 Å². The molecule has 0 heterocycles. The number of hydrogen-bond acceptors (Lipinski definition) is 4. The summed E-state index contributed by atoms with van der Waals surface area (Å²) in [7, 11) is -0.538. The molecule has 0 aliphatic heterocycles. The molecule has 23 heavy (non-hydrogen) atoms. The lowest BCUT2D eigenvalue weighted by atomic mass is 10.00. The molecule has 0 fully saturated rings. The van der Waals surface area contributed by atoms with Crippen LogP contribution in [0.2, 0.25) is 0 Å². The predicted octanol–water partition coefficient (Wildman–Crippen LogP) is 3.51. The molecule has 1 atom stereocenters. The Kier molecular flexibility index (Phi) is 7.85. The van der Waals surface area contributed by atoms with E-state index in [1.165, 1.54) is 20.3 Å². The van der Waals surface area contributed by atoms with E-state index >= 15 is 0 Å². The lowest BCUT2D eigenvalue weighted by molar-refractivity contribution is 0.353. The van der Waals surface area contributed by atoms with E-state index in [-0.39, 0.29) is 4.90 Å². The average molecular weight is 343 g/mol. The highest BCUT2D eigenvalue weighted by atomic mass is 32.2. The molecule has 0 saturated carbocycles. The molecule has 6 heteroatoms. The molecule has 1 aromatic rings. The average Bonchev–Trinajstić information content (AvgIpc) is 2.54. The van der Waals surface area contributed by atoms with Crippen LogP contribution in [0.5, 0.6) is 11.5 Å². The molecule has 0 amide bonds. The summed E-state index contributed by atoms with van der Waals surface area (Å²) in [6, 6.07) is 3.20. The van der Waals surface area contributed by atoms with E-state index in [1.54, 1.807) is 13.0 Å². The first-order chi connectivity index (χ1) is 10.9. The quantitative estimate of drug-likeness (QED) is 0.706. The van der Waals surface area contributed by atoms with Crippen molar-refractivity contribution < 1.29 is 17.9 Å². The fourth-order valence-corrected chi connectivity index (χ4v) is 3.86. The van der Waals surface area contributed by atoms with Crippen LogP contribution in [0, 0.1) is 12.8 Å². The number of ether oxygens (including phenoxy) is 2. The van der Waals surface area contributed by atoms with Gasteiger partial charge in [0.25, 0.3) is 0 Å². The summed E-state index contributed by atoms with van der Waals surface area (Å²) in [5.74, 6) is 1.31. The summed E-state index contributed by atoms with van der Waals surface area (Å²) in [5.41, 5.74) is 0.636. The molecule has 0 aliphatic carbocycles. The van der Waals surface area contributed by atoms with Gasteiger partial charge >= 0.3 is 0 Å². The Balaban J connectivity index is 2.95. The summed E-state index contributed by atoms with van der Waals surface area (Å²) < 4.78 is 38.4. The van der Waals surface area contributed by atoms with Crippen molar-refractivity contribution in [2.75, 3.05) is 20.8 Å². The second-order valence-electron chi connectivity index (χ2n) is 5.74. The smallest absolute Gasteiger partial charge is 0.240 e. The minimum absolute atomic E-state index is 0.237. The van der Waals surface area contributed by atoms with Crippen LogP contribution in [0.3, 0.4) is 0 Å². The molecule has 1 unspecified atom stereocenters. The summed E-state index contributed by atoms with van der Waals surface area (Å²) >= 11 is 0. The molecule has 0 spiro atoms. The number of nitrogens with one attached hydrogen (secondary N) is 1. The number of benzene rings is 1. The Bertz CT molecular complexity index is 599. The maximum absolute atomic E-state index is 12.6. The van der Waals surface area contributed by atoms with E-state index in [0.29, 0.717) is 29.5 Å². The maximum atomic E-state index is 12.6. The number of rotatable bonds is 10. The normalized spacial score (nSPS) is 12.9. The van der Waals surface area contributed by atoms with E-state index in [1.807, 2.05) is 0 Å². The molecule has 1 N–H and O–H groups in total. The van der Waals surface area contributed by atoms with E-state index in [2.05, 4.69) is 18.6 Å². The first kappa shape index (κ1) is 19.8. The van der Waals surface area contributed by atoms with Gasteiger partial charge in [-0.1, -0.05) is 33.1 Å². The van der Waals surface area contributed by atoms with Crippen molar-refractivity contribution in [1.29, 1.82) is 0 Å². The van der Waals surface area contributed by atoms with Gasteiger partial charge in [-0.2, -0.15) is 0 Å². The van der Waals surface area contributed by atoms with Gasteiger partial charge in [-0.25, -0.2) is 13.1 Å². The van der Waals surface area contributed by atoms with Crippen molar-refractivity contribution in [1.82, 2.24) is 4.72 Å². The van der Waals surface area contributed by atoms with Crippen LogP contribution in [0.1, 0.15) is 45.1 Å². The first-order valence-electron chi connectivity index (χ1n) is 8.11. The molecule has 1 aromatic carbocycles. The second kappa shape index (κ2) is 9.13. The molecule has 1 rings (SSSR count). The first-order valence-corrected chi connectivity index (χ1v) is 9.60. The van der Waals surface area contributed by atoms with Crippen LogP contribution in [0.15, 0.2) is 17.0 Å². The Labute approximate surface area is 140 Å².